The number of amides is 2. The summed E-state index contributed by atoms with van der Waals surface area (Å²) in [5.74, 6) is 0.0966. The van der Waals surface area contributed by atoms with Gasteiger partial charge >= 0.3 is 12.6 Å². The van der Waals surface area contributed by atoms with Crippen molar-refractivity contribution in [1.29, 1.82) is 0 Å². The molecule has 0 aromatic heterocycles. The Morgan fingerprint density at radius 2 is 2.09 bits per heavy atom. The van der Waals surface area contributed by atoms with Crippen LogP contribution in [-0.2, 0) is 4.84 Å². The lowest BCUT2D eigenvalue weighted by molar-refractivity contribution is -0.139. The van der Waals surface area contributed by atoms with E-state index in [1.807, 2.05) is 6.92 Å². The molecule has 5 nitrogen and oxygen atoms in total. The Balaban J connectivity index is 1.96. The predicted octanol–water partition coefficient (Wildman–Crippen LogP) is 3.48. The van der Waals surface area contributed by atoms with E-state index < -0.39 is 6.61 Å². The first-order valence-corrected chi connectivity index (χ1v) is 7.36. The van der Waals surface area contributed by atoms with Crippen LogP contribution in [0.4, 0.5) is 13.6 Å². The average Bonchev–Trinajstić information content (AvgIpc) is 2.53. The largest absolute Gasteiger partial charge is 0.435 e. The second-order valence-corrected chi connectivity index (χ2v) is 5.00. The molecule has 0 bridgehead atoms. The van der Waals surface area contributed by atoms with Crippen LogP contribution in [0.3, 0.4) is 0 Å². The molecular formula is C15H20F2N2O3. The number of benzene rings is 1. The van der Waals surface area contributed by atoms with Crippen LogP contribution >= 0.6 is 0 Å². The van der Waals surface area contributed by atoms with Gasteiger partial charge in [-0.05, 0) is 37.0 Å². The molecule has 1 N–H and O–H groups in total. The van der Waals surface area contributed by atoms with Crippen LogP contribution in [0.5, 0.6) is 5.75 Å². The molecule has 1 aliphatic rings. The van der Waals surface area contributed by atoms with Crippen molar-refractivity contribution < 1.29 is 23.1 Å². The lowest BCUT2D eigenvalue weighted by Crippen LogP contribution is -2.43. The van der Waals surface area contributed by atoms with E-state index in [1.54, 1.807) is 12.1 Å². The summed E-state index contributed by atoms with van der Waals surface area (Å²) in [6.07, 6.45) is 2.55. The van der Waals surface area contributed by atoms with E-state index >= 15 is 0 Å². The molecule has 0 spiro atoms. The van der Waals surface area contributed by atoms with Crippen molar-refractivity contribution >= 4 is 6.03 Å². The highest BCUT2D eigenvalue weighted by molar-refractivity contribution is 5.73. The van der Waals surface area contributed by atoms with Gasteiger partial charge < -0.3 is 10.1 Å². The molecule has 1 aliphatic heterocycles. The summed E-state index contributed by atoms with van der Waals surface area (Å²) in [5.41, 5.74) is 0.828. The van der Waals surface area contributed by atoms with Crippen molar-refractivity contribution in [1.82, 2.24) is 10.4 Å². The van der Waals surface area contributed by atoms with E-state index in [0.717, 1.165) is 18.4 Å². The molecule has 1 fully saturated rings. The van der Waals surface area contributed by atoms with Gasteiger partial charge in [-0.15, -0.1) is 0 Å². The Labute approximate surface area is 128 Å². The topological polar surface area (TPSA) is 50.8 Å². The third kappa shape index (κ3) is 4.56. The van der Waals surface area contributed by atoms with Gasteiger partial charge in [0.15, 0.2) is 0 Å². The monoisotopic (exact) mass is 314 g/mol. The summed E-state index contributed by atoms with van der Waals surface area (Å²) in [4.78, 5) is 17.4. The van der Waals surface area contributed by atoms with Crippen molar-refractivity contribution in [3.63, 3.8) is 0 Å². The first-order chi connectivity index (χ1) is 10.6. The number of nitrogens with zero attached hydrogens (tertiary/aromatic N) is 1. The maximum absolute atomic E-state index is 12.1. The maximum Gasteiger partial charge on any atom is 0.387 e. The number of ether oxygens (including phenoxy) is 1. The van der Waals surface area contributed by atoms with Crippen LogP contribution in [0, 0.1) is 0 Å². The quantitative estimate of drug-likeness (QED) is 0.905. The van der Waals surface area contributed by atoms with Crippen molar-refractivity contribution in [2.45, 2.75) is 38.8 Å². The lowest BCUT2D eigenvalue weighted by Gasteiger charge is -2.28. The molecular weight excluding hydrogens is 294 g/mol. The highest BCUT2D eigenvalue weighted by atomic mass is 19.3. The molecule has 0 aliphatic carbocycles. The molecule has 1 aromatic carbocycles. The second-order valence-electron chi connectivity index (χ2n) is 5.00. The zero-order chi connectivity index (χ0) is 15.9. The predicted molar refractivity (Wildman–Crippen MR) is 76.5 cm³/mol. The Morgan fingerprint density at radius 3 is 2.64 bits per heavy atom. The fourth-order valence-corrected chi connectivity index (χ4v) is 2.28. The first-order valence-electron chi connectivity index (χ1n) is 7.36. The first kappa shape index (κ1) is 16.5. The van der Waals surface area contributed by atoms with E-state index in [-0.39, 0.29) is 17.8 Å². The minimum atomic E-state index is -2.84. The van der Waals surface area contributed by atoms with Gasteiger partial charge in [0.05, 0.1) is 19.2 Å². The second kappa shape index (κ2) is 7.93. The van der Waals surface area contributed by atoms with Gasteiger partial charge in [0.2, 0.25) is 0 Å². The normalized spacial score (nSPS) is 16.5. The standard InChI is InChI=1S/C15H20F2N2O3/c1-2-13(18-15(20)19-9-3-4-10-21-19)11-5-7-12(8-6-11)22-14(16)17/h5-8,13-14H,2-4,9-10H2,1H3,(H,18,20)/t13-/m1/s1. The maximum atomic E-state index is 12.1. The number of carbonyl (C=O) groups is 1. The molecule has 0 radical (unpaired) electrons. The van der Waals surface area contributed by atoms with Crippen LogP contribution in [0.2, 0.25) is 0 Å². The Morgan fingerprint density at radius 1 is 1.36 bits per heavy atom. The van der Waals surface area contributed by atoms with Crippen LogP contribution in [0.1, 0.15) is 37.8 Å². The fourth-order valence-electron chi connectivity index (χ4n) is 2.28. The van der Waals surface area contributed by atoms with Gasteiger partial charge in [0.1, 0.15) is 5.75 Å². The summed E-state index contributed by atoms with van der Waals surface area (Å²) >= 11 is 0. The van der Waals surface area contributed by atoms with E-state index in [4.69, 9.17) is 4.84 Å². The van der Waals surface area contributed by atoms with Gasteiger partial charge in [-0.25, -0.2) is 9.86 Å². The zero-order valence-corrected chi connectivity index (χ0v) is 12.4. The fraction of sp³-hybridized carbons (Fsp3) is 0.533. The van der Waals surface area contributed by atoms with E-state index in [1.165, 1.54) is 17.2 Å². The minimum absolute atomic E-state index is 0.0966. The molecule has 1 saturated heterocycles. The third-order valence-corrected chi connectivity index (χ3v) is 3.44. The number of hydroxylamine groups is 2. The minimum Gasteiger partial charge on any atom is -0.435 e. The number of rotatable bonds is 5. The van der Waals surface area contributed by atoms with Crippen molar-refractivity contribution in [2.24, 2.45) is 0 Å². The van der Waals surface area contributed by atoms with Gasteiger partial charge in [0.25, 0.3) is 0 Å². The summed E-state index contributed by atoms with van der Waals surface area (Å²) in [5, 5.41) is 4.22. The Bertz CT molecular complexity index is 476. The molecule has 1 atom stereocenters. The highest BCUT2D eigenvalue weighted by Crippen LogP contribution is 2.22. The van der Waals surface area contributed by atoms with E-state index in [9.17, 15) is 13.6 Å². The number of urea groups is 1. The zero-order valence-electron chi connectivity index (χ0n) is 12.4. The molecule has 22 heavy (non-hydrogen) atoms. The SMILES string of the molecule is CC[C@@H](NC(=O)N1CCCCO1)c1ccc(OC(F)F)cc1. The number of alkyl halides is 2. The molecule has 2 amide bonds. The van der Waals surface area contributed by atoms with Gasteiger partial charge in [-0.1, -0.05) is 19.1 Å². The van der Waals surface area contributed by atoms with Crippen LogP contribution in [0.25, 0.3) is 0 Å². The van der Waals surface area contributed by atoms with Crippen molar-refractivity contribution in [2.75, 3.05) is 13.2 Å². The average molecular weight is 314 g/mol. The summed E-state index contributed by atoms with van der Waals surface area (Å²) in [6, 6.07) is 5.78. The molecule has 0 unspecified atom stereocenters. The van der Waals surface area contributed by atoms with Crippen LogP contribution in [0.15, 0.2) is 24.3 Å². The number of hydrogen-bond donors (Lipinski definition) is 1. The number of halogens is 2. The van der Waals surface area contributed by atoms with Gasteiger partial charge in [-0.3, -0.25) is 4.84 Å². The Hall–Kier alpha value is -1.89. The molecule has 0 saturated carbocycles. The number of carbonyl (C=O) groups excluding carboxylic acids is 1. The van der Waals surface area contributed by atoms with Crippen molar-refractivity contribution in [3.05, 3.63) is 29.8 Å². The lowest BCUT2D eigenvalue weighted by atomic mass is 10.0. The van der Waals surface area contributed by atoms with Crippen molar-refractivity contribution in [3.8, 4) is 5.75 Å². The van der Waals surface area contributed by atoms with Gasteiger partial charge in [0, 0.05) is 0 Å². The molecule has 7 heteroatoms. The Kier molecular flexibility index (Phi) is 5.94. The van der Waals surface area contributed by atoms with Gasteiger partial charge in [-0.2, -0.15) is 8.78 Å². The summed E-state index contributed by atoms with van der Waals surface area (Å²) in [7, 11) is 0. The van der Waals surface area contributed by atoms with E-state index in [0.29, 0.717) is 19.6 Å². The number of nitrogens with one attached hydrogen (secondary N) is 1. The van der Waals surface area contributed by atoms with Crippen LogP contribution in [-0.4, -0.2) is 30.9 Å². The highest BCUT2D eigenvalue weighted by Gasteiger charge is 2.21. The smallest absolute Gasteiger partial charge is 0.387 e. The van der Waals surface area contributed by atoms with E-state index in [2.05, 4.69) is 10.1 Å². The molecule has 1 aromatic rings. The molecule has 2 rings (SSSR count). The third-order valence-electron chi connectivity index (χ3n) is 3.44. The number of hydrogen-bond acceptors (Lipinski definition) is 3. The van der Waals surface area contributed by atoms with Crippen LogP contribution < -0.4 is 10.1 Å². The molecule has 1 heterocycles. The molecule has 122 valence electrons. The summed E-state index contributed by atoms with van der Waals surface area (Å²) in [6.45, 7) is 0.211. The summed E-state index contributed by atoms with van der Waals surface area (Å²) < 4.78 is 28.6.